The highest BCUT2D eigenvalue weighted by molar-refractivity contribution is 8.25. The number of ketones is 2. The van der Waals surface area contributed by atoms with E-state index in [-0.39, 0.29) is 66.2 Å². The lowest BCUT2D eigenvalue weighted by atomic mass is 9.81. The SMILES string of the molecule is C=CC(=O)OCC(COC1=CC=C(OC(O)C2CCC(C(O)Oc3c4c(c(OC(O)C5CCC(C(O)OC6=CC=C(O)CC6)CC5)c5ccccc35)S/C(=C3/C(=O)C5=CC=CCC5C3=O)S4)CC2)CC1)OC(=O)CC. The Morgan fingerprint density at radius 1 is 0.693 bits per heavy atom. The molecule has 0 bridgehead atoms. The number of carbonyl (C=O) groups excluding carboxylic acids is 4. The minimum atomic E-state index is -1.26. The van der Waals surface area contributed by atoms with Crippen LogP contribution in [-0.2, 0) is 42.9 Å². The number of carbonyl (C=O) groups is 4. The topological polar surface area (TPSA) is 234 Å². The van der Waals surface area contributed by atoms with Gasteiger partial charge in [0.2, 0.25) is 0 Å². The van der Waals surface area contributed by atoms with Crippen molar-refractivity contribution in [3.05, 3.63) is 118 Å². The van der Waals surface area contributed by atoms with Gasteiger partial charge in [0.25, 0.3) is 0 Å². The van der Waals surface area contributed by atoms with Gasteiger partial charge in [0.15, 0.2) is 42.8 Å². The summed E-state index contributed by atoms with van der Waals surface area (Å²) in [6.45, 7) is 4.83. The Labute approximate surface area is 443 Å². The largest absolute Gasteiger partial charge is 0.512 e. The Balaban J connectivity index is 0.868. The lowest BCUT2D eigenvalue weighted by Crippen LogP contribution is -2.34. The van der Waals surface area contributed by atoms with Crippen LogP contribution in [-0.4, -0.2) is 93.5 Å². The van der Waals surface area contributed by atoms with E-state index in [2.05, 4.69) is 6.58 Å². The normalized spacial score (nSPS) is 26.4. The van der Waals surface area contributed by atoms with Crippen molar-refractivity contribution >= 4 is 57.8 Å². The van der Waals surface area contributed by atoms with E-state index in [9.17, 15) is 44.7 Å². The molecule has 16 nitrogen and oxygen atoms in total. The van der Waals surface area contributed by atoms with E-state index in [0.717, 1.165) is 6.08 Å². The Morgan fingerprint density at radius 2 is 1.20 bits per heavy atom. The zero-order chi connectivity index (χ0) is 52.8. The number of thioether (sulfide) groups is 2. The maximum Gasteiger partial charge on any atom is 0.330 e. The third kappa shape index (κ3) is 12.6. The average molecular weight is 1070 g/mol. The minimum absolute atomic E-state index is 0.0230. The summed E-state index contributed by atoms with van der Waals surface area (Å²) in [5, 5.41) is 56.9. The maximum absolute atomic E-state index is 14.0. The summed E-state index contributed by atoms with van der Waals surface area (Å²) in [5.74, 6) is -0.329. The van der Waals surface area contributed by atoms with Gasteiger partial charge < -0.3 is 58.7 Å². The van der Waals surface area contributed by atoms with Crippen molar-refractivity contribution in [1.29, 1.82) is 0 Å². The quantitative estimate of drug-likeness (QED) is 0.0360. The second-order valence-corrected chi connectivity index (χ2v) is 22.1. The average Bonchev–Trinajstić information content (AvgIpc) is 3.99. The number of hydrogen-bond acceptors (Lipinski definition) is 18. The van der Waals surface area contributed by atoms with Crippen LogP contribution in [0.3, 0.4) is 0 Å². The molecular formula is C57H64O16S2. The highest BCUT2D eigenvalue weighted by atomic mass is 32.2. The predicted octanol–water partition coefficient (Wildman–Crippen LogP) is 9.33. The first kappa shape index (κ1) is 54.0. The summed E-state index contributed by atoms with van der Waals surface area (Å²) in [6, 6.07) is 7.41. The molecule has 2 aromatic carbocycles. The molecule has 0 spiro atoms. The number of rotatable bonds is 20. The van der Waals surface area contributed by atoms with Gasteiger partial charge in [0.05, 0.1) is 37.0 Å². The lowest BCUT2D eigenvalue weighted by molar-refractivity contribution is -0.159. The fourth-order valence-corrected chi connectivity index (χ4v) is 13.3. The van der Waals surface area contributed by atoms with Gasteiger partial charge in [-0.1, -0.05) is 79.5 Å². The zero-order valence-corrected chi connectivity index (χ0v) is 43.4. The third-order valence-corrected chi connectivity index (χ3v) is 17.5. The van der Waals surface area contributed by atoms with Crippen LogP contribution in [0.2, 0.25) is 0 Å². The van der Waals surface area contributed by atoms with E-state index in [1.165, 1.54) is 23.5 Å². The molecule has 6 unspecified atom stereocenters. The van der Waals surface area contributed by atoms with Gasteiger partial charge in [0.1, 0.15) is 36.2 Å². The van der Waals surface area contributed by atoms with Gasteiger partial charge in [0, 0.05) is 78.2 Å². The lowest BCUT2D eigenvalue weighted by Gasteiger charge is -2.35. The zero-order valence-electron chi connectivity index (χ0n) is 41.8. The minimum Gasteiger partial charge on any atom is -0.512 e. The Morgan fingerprint density at radius 3 is 1.68 bits per heavy atom. The van der Waals surface area contributed by atoms with Crippen LogP contribution < -0.4 is 9.47 Å². The highest BCUT2D eigenvalue weighted by Crippen LogP contribution is 2.63. The van der Waals surface area contributed by atoms with Crippen LogP contribution in [0.15, 0.2) is 128 Å². The van der Waals surface area contributed by atoms with Gasteiger partial charge >= 0.3 is 11.9 Å². The first-order chi connectivity index (χ1) is 36.3. The molecule has 1 aliphatic heterocycles. The van der Waals surface area contributed by atoms with Crippen LogP contribution >= 0.6 is 23.5 Å². The summed E-state index contributed by atoms with van der Waals surface area (Å²) in [5.41, 5.74) is 0.574. The molecule has 0 aromatic heterocycles. The predicted molar refractivity (Wildman–Crippen MR) is 277 cm³/mol. The summed E-state index contributed by atoms with van der Waals surface area (Å²) in [7, 11) is 0. The number of fused-ring (bicyclic) bond motifs is 3. The molecule has 0 saturated heterocycles. The summed E-state index contributed by atoms with van der Waals surface area (Å²) in [4.78, 5) is 52.5. The molecule has 0 radical (unpaired) electrons. The second kappa shape index (κ2) is 24.5. The first-order valence-corrected chi connectivity index (χ1v) is 27.5. The van der Waals surface area contributed by atoms with Gasteiger partial charge in [-0.25, -0.2) is 4.79 Å². The standard InChI is InChI=1S/C57H64O16S2/c1-3-44(59)68-30-39(69-45(60)4-2)29-67-36-25-27-38(28-26-36)71-54(64)32-15-19-34(20-16-32)56(66)73-50-43-12-8-7-11-42(43)49(51-52(50)75-57(74-51)46-47(61)40-9-5-6-10-41(40)48(46)62)72-55(65)33-17-13-31(14-18-33)53(63)70-37-23-21-35(58)22-24-37/h3,5-9,11-12,21,23,25,27,31-34,39,41,53-56,58,63-66H,1,4,10,13-20,22,24,26,28-30H2,2H3/b57-46+. The summed E-state index contributed by atoms with van der Waals surface area (Å²) >= 11 is 2.46. The molecule has 6 atom stereocenters. The molecule has 400 valence electrons. The molecular weight excluding hydrogens is 1000 g/mol. The van der Waals surface area contributed by atoms with E-state index in [1.54, 1.807) is 43.4 Å². The van der Waals surface area contributed by atoms with E-state index in [4.69, 9.17) is 33.2 Å². The van der Waals surface area contributed by atoms with Gasteiger partial charge in [-0.3, -0.25) is 14.4 Å². The number of esters is 2. The maximum atomic E-state index is 14.0. The summed E-state index contributed by atoms with van der Waals surface area (Å²) in [6.07, 6.45) is 14.6. The molecule has 6 aliphatic carbocycles. The highest BCUT2D eigenvalue weighted by Gasteiger charge is 2.46. The van der Waals surface area contributed by atoms with Crippen LogP contribution in [0.25, 0.3) is 10.8 Å². The molecule has 3 saturated carbocycles. The van der Waals surface area contributed by atoms with Crippen molar-refractivity contribution in [2.75, 3.05) is 13.2 Å². The number of ether oxygens (including phenoxy) is 7. The molecule has 1 heterocycles. The molecule has 0 amide bonds. The molecule has 9 rings (SSSR count). The van der Waals surface area contributed by atoms with Crippen LogP contribution in [0.1, 0.15) is 96.8 Å². The number of allylic oxidation sites excluding steroid dienone is 13. The fraction of sp³-hybridized carbons (Fsp3) is 0.474. The Bertz CT molecular complexity index is 2750. The van der Waals surface area contributed by atoms with Crippen molar-refractivity contribution in [2.24, 2.45) is 29.6 Å². The fourth-order valence-electron chi connectivity index (χ4n) is 10.5. The van der Waals surface area contributed by atoms with Crippen molar-refractivity contribution in [3.8, 4) is 11.5 Å². The van der Waals surface area contributed by atoms with Crippen molar-refractivity contribution in [2.45, 2.75) is 138 Å². The molecule has 2 aromatic rings. The summed E-state index contributed by atoms with van der Waals surface area (Å²) < 4.78 is 41.9. The number of Topliss-reactive ketones (excluding diaryl/α,β-unsaturated/α-hetero) is 2. The number of aliphatic hydroxyl groups excluding tert-OH is 5. The van der Waals surface area contributed by atoms with Crippen molar-refractivity contribution in [3.63, 3.8) is 0 Å². The van der Waals surface area contributed by atoms with Gasteiger partial charge in [-0.05, 0) is 82.1 Å². The molecule has 5 N–H and O–H groups in total. The van der Waals surface area contributed by atoms with E-state index >= 15 is 0 Å². The van der Waals surface area contributed by atoms with E-state index in [1.807, 2.05) is 30.3 Å². The molecule has 75 heavy (non-hydrogen) atoms. The molecule has 3 fully saturated rings. The molecule has 7 aliphatic rings. The second-order valence-electron chi connectivity index (χ2n) is 19.8. The van der Waals surface area contributed by atoms with Gasteiger partial charge in [-0.2, -0.15) is 0 Å². The van der Waals surface area contributed by atoms with Gasteiger partial charge in [-0.15, -0.1) is 0 Å². The van der Waals surface area contributed by atoms with E-state index < -0.39 is 49.1 Å². The number of benzene rings is 2. The van der Waals surface area contributed by atoms with E-state index in [0.29, 0.717) is 143 Å². The first-order valence-electron chi connectivity index (χ1n) is 25.9. The monoisotopic (exact) mass is 1070 g/mol. The van der Waals surface area contributed by atoms with Crippen LogP contribution in [0.5, 0.6) is 11.5 Å². The van der Waals surface area contributed by atoms with Crippen molar-refractivity contribution in [1.82, 2.24) is 0 Å². The Kier molecular flexibility index (Phi) is 17.6. The van der Waals surface area contributed by atoms with Crippen LogP contribution in [0, 0.1) is 29.6 Å². The molecule has 18 heteroatoms. The van der Waals surface area contributed by atoms with Crippen molar-refractivity contribution < 1.29 is 77.9 Å². The van der Waals surface area contributed by atoms with Crippen LogP contribution in [0.4, 0.5) is 0 Å². The number of aliphatic hydroxyl groups is 5. The third-order valence-electron chi connectivity index (χ3n) is 14.9. The Hall–Kier alpha value is -5.76. The number of hydrogen-bond donors (Lipinski definition) is 5. The smallest absolute Gasteiger partial charge is 0.330 e.